The second-order valence-electron chi connectivity index (χ2n) is 5.90. The minimum atomic E-state index is -1.20. The first-order valence-corrected chi connectivity index (χ1v) is 8.65. The number of hydrogen-bond donors (Lipinski definition) is 2. The molecule has 0 amide bonds. The van der Waals surface area contributed by atoms with Gasteiger partial charge in [0.25, 0.3) is 5.69 Å². The van der Waals surface area contributed by atoms with E-state index < -0.39 is 10.9 Å². The van der Waals surface area contributed by atoms with Crippen LogP contribution in [0.1, 0.15) is 15.9 Å². The maximum absolute atomic E-state index is 11.4. The summed E-state index contributed by atoms with van der Waals surface area (Å²) < 4.78 is 3.05. The Morgan fingerprint density at radius 2 is 2.08 bits per heavy atom. The predicted octanol–water partition coefficient (Wildman–Crippen LogP) is 4.20. The Labute approximate surface area is 157 Å². The first-order chi connectivity index (χ1) is 12.4. The van der Waals surface area contributed by atoms with E-state index in [9.17, 15) is 20.0 Å². The van der Waals surface area contributed by atoms with Crippen LogP contribution >= 0.6 is 15.9 Å². The molecular formula is C18H16BrN3O4. The summed E-state index contributed by atoms with van der Waals surface area (Å²) in [7, 11) is 1.98. The summed E-state index contributed by atoms with van der Waals surface area (Å²) in [4.78, 5) is 21.6. The van der Waals surface area contributed by atoms with E-state index in [1.54, 1.807) is 0 Å². The van der Waals surface area contributed by atoms with E-state index in [0.29, 0.717) is 18.7 Å². The van der Waals surface area contributed by atoms with Crippen LogP contribution < -0.4 is 5.32 Å². The third-order valence-corrected chi connectivity index (χ3v) is 4.68. The average molecular weight is 418 g/mol. The number of benzene rings is 2. The number of rotatable bonds is 6. The molecule has 0 bridgehead atoms. The molecule has 0 spiro atoms. The molecule has 3 rings (SSSR count). The molecule has 0 fully saturated rings. The highest BCUT2D eigenvalue weighted by Crippen LogP contribution is 2.26. The van der Waals surface area contributed by atoms with E-state index in [1.807, 2.05) is 36.0 Å². The quantitative estimate of drug-likeness (QED) is 0.462. The van der Waals surface area contributed by atoms with Crippen LogP contribution in [0.4, 0.5) is 11.4 Å². The number of fused-ring (bicyclic) bond motifs is 1. The van der Waals surface area contributed by atoms with E-state index in [4.69, 9.17) is 0 Å². The number of hydrogen-bond acceptors (Lipinski definition) is 4. The monoisotopic (exact) mass is 417 g/mol. The number of halogens is 1. The van der Waals surface area contributed by atoms with Crippen molar-refractivity contribution in [1.82, 2.24) is 4.57 Å². The molecule has 2 aromatic carbocycles. The van der Waals surface area contributed by atoms with Crippen molar-refractivity contribution in [1.29, 1.82) is 0 Å². The Bertz CT molecular complexity index is 1010. The summed E-state index contributed by atoms with van der Waals surface area (Å²) in [6, 6.07) is 9.87. The first kappa shape index (κ1) is 17.9. The van der Waals surface area contributed by atoms with Gasteiger partial charge in [0.1, 0.15) is 0 Å². The molecule has 2 N–H and O–H groups in total. The van der Waals surface area contributed by atoms with Gasteiger partial charge in [-0.2, -0.15) is 0 Å². The molecule has 3 aromatic rings. The topological polar surface area (TPSA) is 97.4 Å². The molecule has 0 aliphatic heterocycles. The van der Waals surface area contributed by atoms with Gasteiger partial charge in [0.15, 0.2) is 0 Å². The van der Waals surface area contributed by atoms with E-state index in [-0.39, 0.29) is 11.3 Å². The van der Waals surface area contributed by atoms with Crippen LogP contribution in [0, 0.1) is 10.1 Å². The second kappa shape index (κ2) is 7.17. The van der Waals surface area contributed by atoms with Crippen molar-refractivity contribution in [2.24, 2.45) is 7.05 Å². The molecule has 0 saturated heterocycles. The van der Waals surface area contributed by atoms with Gasteiger partial charge >= 0.3 is 5.97 Å². The Morgan fingerprint density at radius 3 is 2.77 bits per heavy atom. The van der Waals surface area contributed by atoms with Crippen molar-refractivity contribution in [2.45, 2.75) is 6.42 Å². The van der Waals surface area contributed by atoms with Crippen molar-refractivity contribution in [3.8, 4) is 0 Å². The zero-order valence-electron chi connectivity index (χ0n) is 13.9. The Balaban J connectivity index is 1.78. The maximum Gasteiger partial charge on any atom is 0.338 e. The molecule has 134 valence electrons. The minimum absolute atomic E-state index is 0.110. The highest BCUT2D eigenvalue weighted by atomic mass is 79.9. The number of carbonyl (C=O) groups is 1. The molecule has 0 atom stereocenters. The normalized spacial score (nSPS) is 10.8. The third kappa shape index (κ3) is 3.55. The van der Waals surface area contributed by atoms with Crippen molar-refractivity contribution in [2.75, 3.05) is 11.9 Å². The summed E-state index contributed by atoms with van der Waals surface area (Å²) in [5.74, 6) is -1.20. The van der Waals surface area contributed by atoms with Gasteiger partial charge in [-0.1, -0.05) is 22.0 Å². The number of nitrogens with one attached hydrogen (secondary N) is 1. The van der Waals surface area contributed by atoms with Crippen molar-refractivity contribution in [3.05, 3.63) is 68.3 Å². The molecule has 1 aromatic heterocycles. The lowest BCUT2D eigenvalue weighted by Crippen LogP contribution is -2.10. The number of non-ortho nitro benzene ring substituents is 1. The highest BCUT2D eigenvalue weighted by Gasteiger charge is 2.16. The van der Waals surface area contributed by atoms with E-state index in [2.05, 4.69) is 21.2 Å². The molecule has 1 heterocycles. The Morgan fingerprint density at radius 1 is 1.31 bits per heavy atom. The van der Waals surface area contributed by atoms with Gasteiger partial charge in [-0.25, -0.2) is 4.79 Å². The summed E-state index contributed by atoms with van der Waals surface area (Å²) in [6.07, 6.45) is 2.74. The smallest absolute Gasteiger partial charge is 0.338 e. The summed E-state index contributed by atoms with van der Waals surface area (Å²) >= 11 is 3.47. The van der Waals surface area contributed by atoms with E-state index in [0.717, 1.165) is 27.0 Å². The summed E-state index contributed by atoms with van der Waals surface area (Å²) in [5.41, 5.74) is 2.26. The molecule has 0 radical (unpaired) electrons. The number of carboxylic acid groups (broad SMARTS) is 1. The van der Waals surface area contributed by atoms with Crippen LogP contribution in [0.25, 0.3) is 10.9 Å². The molecule has 8 heteroatoms. The Kier molecular flexibility index (Phi) is 4.94. The molecule has 0 saturated carbocycles. The number of aromatic nitrogens is 1. The highest BCUT2D eigenvalue weighted by molar-refractivity contribution is 9.10. The molecule has 26 heavy (non-hydrogen) atoms. The van der Waals surface area contributed by atoms with Crippen LogP contribution in [0.3, 0.4) is 0 Å². The largest absolute Gasteiger partial charge is 0.478 e. The standard InChI is InChI=1S/C18H16BrN3O4/c1-21-10-11(14-4-2-12(19)8-17(14)21)6-7-20-16-5-3-13(22(25)26)9-15(16)18(23)24/h2-5,8-10,20H,6-7H2,1H3,(H,23,24). The lowest BCUT2D eigenvalue weighted by molar-refractivity contribution is -0.384. The number of nitrogens with zero attached hydrogens (tertiary/aromatic N) is 2. The molecule has 7 nitrogen and oxygen atoms in total. The number of carboxylic acids is 1. The molecule has 0 unspecified atom stereocenters. The van der Waals surface area contributed by atoms with E-state index >= 15 is 0 Å². The predicted molar refractivity (Wildman–Crippen MR) is 103 cm³/mol. The molecule has 0 aliphatic rings. The lowest BCUT2D eigenvalue weighted by atomic mass is 10.1. The zero-order chi connectivity index (χ0) is 18.8. The van der Waals surface area contributed by atoms with Gasteiger partial charge in [0.2, 0.25) is 0 Å². The van der Waals surface area contributed by atoms with Gasteiger partial charge in [0, 0.05) is 53.0 Å². The second-order valence-corrected chi connectivity index (χ2v) is 6.81. The molecular weight excluding hydrogens is 402 g/mol. The molecule has 0 aliphatic carbocycles. The van der Waals surface area contributed by atoms with Gasteiger partial charge in [-0.05, 0) is 30.2 Å². The van der Waals surface area contributed by atoms with Gasteiger partial charge in [-0.3, -0.25) is 10.1 Å². The van der Waals surface area contributed by atoms with Crippen LogP contribution in [-0.4, -0.2) is 27.1 Å². The van der Waals surface area contributed by atoms with Crippen LogP contribution in [0.15, 0.2) is 47.1 Å². The summed E-state index contributed by atoms with van der Waals surface area (Å²) in [6.45, 7) is 0.507. The van der Waals surface area contributed by atoms with Gasteiger partial charge in [0.05, 0.1) is 10.5 Å². The number of nitro groups is 1. The fourth-order valence-corrected chi connectivity index (χ4v) is 3.30. The number of anilines is 1. The number of aryl methyl sites for hydroxylation is 1. The first-order valence-electron chi connectivity index (χ1n) is 7.86. The third-order valence-electron chi connectivity index (χ3n) is 4.19. The lowest BCUT2D eigenvalue weighted by Gasteiger charge is -2.09. The van der Waals surface area contributed by atoms with Crippen molar-refractivity contribution < 1.29 is 14.8 Å². The Hall–Kier alpha value is -2.87. The number of aromatic carboxylic acids is 1. The van der Waals surface area contributed by atoms with Crippen LogP contribution in [0.2, 0.25) is 0 Å². The van der Waals surface area contributed by atoms with Crippen LogP contribution in [0.5, 0.6) is 0 Å². The SMILES string of the molecule is Cn1cc(CCNc2ccc([N+](=O)[O-])cc2C(=O)O)c2ccc(Br)cc21. The van der Waals surface area contributed by atoms with Gasteiger partial charge in [-0.15, -0.1) is 0 Å². The number of nitro benzene ring substituents is 1. The zero-order valence-corrected chi connectivity index (χ0v) is 15.5. The summed E-state index contributed by atoms with van der Waals surface area (Å²) in [5, 5.41) is 24.3. The fourth-order valence-electron chi connectivity index (χ4n) is 2.95. The van der Waals surface area contributed by atoms with Crippen molar-refractivity contribution in [3.63, 3.8) is 0 Å². The minimum Gasteiger partial charge on any atom is -0.478 e. The van der Waals surface area contributed by atoms with Crippen molar-refractivity contribution >= 4 is 44.2 Å². The van der Waals surface area contributed by atoms with Crippen LogP contribution in [-0.2, 0) is 13.5 Å². The fraction of sp³-hybridized carbons (Fsp3) is 0.167. The van der Waals surface area contributed by atoms with E-state index in [1.165, 1.54) is 12.1 Å². The maximum atomic E-state index is 11.4. The van der Waals surface area contributed by atoms with Gasteiger partial charge < -0.3 is 15.0 Å². The average Bonchev–Trinajstić information content (AvgIpc) is 2.90.